The molecule has 1 saturated heterocycles. The quantitative estimate of drug-likeness (QED) is 0.690. The SMILES string of the molecule is CC(C)c1nc(CCNC(=O)Nc2cccc(S(=O)(=O)N3CCCCC3)c2)cs1. The Bertz CT molecular complexity index is 935. The molecule has 0 aliphatic carbocycles. The Morgan fingerprint density at radius 3 is 2.69 bits per heavy atom. The van der Waals surface area contributed by atoms with Crippen molar-refractivity contribution in [2.24, 2.45) is 0 Å². The van der Waals surface area contributed by atoms with Crippen LogP contribution in [0, 0.1) is 0 Å². The van der Waals surface area contributed by atoms with Crippen molar-refractivity contribution in [1.82, 2.24) is 14.6 Å². The zero-order valence-corrected chi connectivity index (χ0v) is 18.5. The van der Waals surface area contributed by atoms with Crippen molar-refractivity contribution < 1.29 is 13.2 Å². The summed E-state index contributed by atoms with van der Waals surface area (Å²) >= 11 is 1.63. The van der Waals surface area contributed by atoms with Gasteiger partial charge in [-0.05, 0) is 31.0 Å². The fraction of sp³-hybridized carbons (Fsp3) is 0.500. The molecule has 1 aromatic heterocycles. The van der Waals surface area contributed by atoms with Crippen LogP contribution in [-0.4, -0.2) is 43.4 Å². The summed E-state index contributed by atoms with van der Waals surface area (Å²) in [5.74, 6) is 0.401. The molecule has 0 unspecified atom stereocenters. The van der Waals surface area contributed by atoms with Crippen LogP contribution in [0.2, 0.25) is 0 Å². The van der Waals surface area contributed by atoms with Crippen molar-refractivity contribution in [3.8, 4) is 0 Å². The van der Waals surface area contributed by atoms with Crippen molar-refractivity contribution in [2.45, 2.75) is 50.3 Å². The van der Waals surface area contributed by atoms with Crippen LogP contribution < -0.4 is 10.6 Å². The molecule has 0 atom stereocenters. The Hall–Kier alpha value is -1.97. The highest BCUT2D eigenvalue weighted by Gasteiger charge is 2.26. The Balaban J connectivity index is 1.54. The first-order valence-electron chi connectivity index (χ1n) is 9.95. The van der Waals surface area contributed by atoms with Gasteiger partial charge < -0.3 is 10.6 Å². The molecule has 0 radical (unpaired) electrons. The van der Waals surface area contributed by atoms with Crippen molar-refractivity contribution >= 4 is 33.1 Å². The summed E-state index contributed by atoms with van der Waals surface area (Å²) in [6, 6.07) is 6.05. The third-order valence-corrected chi connectivity index (χ3v) is 7.86. The fourth-order valence-corrected chi connectivity index (χ4v) is 5.60. The standard InChI is InChI=1S/C20H28N4O3S2/c1-15(2)19-22-17(14-28-19)9-10-21-20(25)23-16-7-6-8-18(13-16)29(26,27)24-11-4-3-5-12-24/h6-8,13-15H,3-5,9-12H2,1-2H3,(H2,21,23,25). The third kappa shape index (κ3) is 5.77. The highest BCUT2D eigenvalue weighted by molar-refractivity contribution is 7.89. The van der Waals surface area contributed by atoms with Gasteiger partial charge in [0.2, 0.25) is 10.0 Å². The number of sulfonamides is 1. The maximum absolute atomic E-state index is 12.8. The predicted molar refractivity (Wildman–Crippen MR) is 116 cm³/mol. The lowest BCUT2D eigenvalue weighted by Gasteiger charge is -2.26. The molecule has 1 aromatic carbocycles. The number of amides is 2. The van der Waals surface area contributed by atoms with E-state index < -0.39 is 10.0 Å². The number of urea groups is 1. The van der Waals surface area contributed by atoms with E-state index in [9.17, 15) is 13.2 Å². The van der Waals surface area contributed by atoms with E-state index in [0.29, 0.717) is 37.7 Å². The Morgan fingerprint density at radius 1 is 1.24 bits per heavy atom. The van der Waals surface area contributed by atoms with E-state index in [1.165, 1.54) is 10.4 Å². The number of aromatic nitrogens is 1. The lowest BCUT2D eigenvalue weighted by atomic mass is 10.2. The molecule has 2 aromatic rings. The van der Waals surface area contributed by atoms with E-state index in [-0.39, 0.29) is 10.9 Å². The topological polar surface area (TPSA) is 91.4 Å². The van der Waals surface area contributed by atoms with Crippen molar-refractivity contribution in [2.75, 3.05) is 25.0 Å². The van der Waals surface area contributed by atoms with Gasteiger partial charge in [-0.25, -0.2) is 18.2 Å². The van der Waals surface area contributed by atoms with Gasteiger partial charge in [-0.1, -0.05) is 26.3 Å². The van der Waals surface area contributed by atoms with Crippen LogP contribution in [-0.2, 0) is 16.4 Å². The van der Waals surface area contributed by atoms with Crippen molar-refractivity contribution in [3.63, 3.8) is 0 Å². The Kier molecular flexibility index (Phi) is 7.26. The smallest absolute Gasteiger partial charge is 0.319 e. The molecular weight excluding hydrogens is 408 g/mol. The second kappa shape index (κ2) is 9.69. The average molecular weight is 437 g/mol. The maximum Gasteiger partial charge on any atom is 0.319 e. The number of carbonyl (C=O) groups excluding carboxylic acids is 1. The summed E-state index contributed by atoms with van der Waals surface area (Å²) in [5, 5.41) is 8.62. The normalized spacial score (nSPS) is 15.4. The molecule has 9 heteroatoms. The largest absolute Gasteiger partial charge is 0.337 e. The van der Waals surface area contributed by atoms with Crippen molar-refractivity contribution in [1.29, 1.82) is 0 Å². The van der Waals surface area contributed by atoms with E-state index >= 15 is 0 Å². The lowest BCUT2D eigenvalue weighted by molar-refractivity contribution is 0.252. The molecule has 0 bridgehead atoms. The first-order valence-corrected chi connectivity index (χ1v) is 12.3. The van der Waals surface area contributed by atoms with Gasteiger partial charge in [0.05, 0.1) is 15.6 Å². The fourth-order valence-electron chi connectivity index (χ4n) is 3.17. The minimum absolute atomic E-state index is 0.209. The van der Waals surface area contributed by atoms with Gasteiger partial charge in [0.15, 0.2) is 0 Å². The van der Waals surface area contributed by atoms with E-state index in [4.69, 9.17) is 0 Å². The zero-order chi connectivity index (χ0) is 20.9. The lowest BCUT2D eigenvalue weighted by Crippen LogP contribution is -2.35. The van der Waals surface area contributed by atoms with Gasteiger partial charge in [0.25, 0.3) is 0 Å². The zero-order valence-electron chi connectivity index (χ0n) is 16.8. The molecule has 2 amide bonds. The molecule has 7 nitrogen and oxygen atoms in total. The third-order valence-electron chi connectivity index (χ3n) is 4.77. The van der Waals surface area contributed by atoms with Crippen LogP contribution in [0.4, 0.5) is 10.5 Å². The number of hydrogen-bond donors (Lipinski definition) is 2. The van der Waals surface area contributed by atoms with Crippen LogP contribution in [0.3, 0.4) is 0 Å². The molecule has 1 aliphatic heterocycles. The summed E-state index contributed by atoms with van der Waals surface area (Å²) in [4.78, 5) is 16.9. The summed E-state index contributed by atoms with van der Waals surface area (Å²) in [6.45, 7) is 5.77. The first-order chi connectivity index (χ1) is 13.9. The van der Waals surface area contributed by atoms with Crippen molar-refractivity contribution in [3.05, 3.63) is 40.3 Å². The number of carbonyl (C=O) groups is 1. The molecule has 29 heavy (non-hydrogen) atoms. The number of nitrogens with zero attached hydrogens (tertiary/aromatic N) is 2. The Morgan fingerprint density at radius 2 is 2.00 bits per heavy atom. The molecule has 1 aliphatic rings. The number of benzene rings is 1. The second-order valence-electron chi connectivity index (χ2n) is 7.46. The monoisotopic (exact) mass is 436 g/mol. The van der Waals surface area contributed by atoms with E-state index in [1.54, 1.807) is 29.5 Å². The van der Waals surface area contributed by atoms with Gasteiger partial charge >= 0.3 is 6.03 Å². The number of hydrogen-bond acceptors (Lipinski definition) is 5. The van der Waals surface area contributed by atoms with Crippen LogP contribution in [0.15, 0.2) is 34.5 Å². The molecule has 0 saturated carbocycles. The second-order valence-corrected chi connectivity index (χ2v) is 10.3. The number of nitrogens with one attached hydrogen (secondary N) is 2. The van der Waals surface area contributed by atoms with Gasteiger partial charge in [0.1, 0.15) is 0 Å². The minimum atomic E-state index is -3.52. The number of piperidine rings is 1. The first kappa shape index (κ1) is 21.7. The molecule has 2 N–H and O–H groups in total. The predicted octanol–water partition coefficient (Wildman–Crippen LogP) is 3.81. The van der Waals surface area contributed by atoms with Gasteiger partial charge in [-0.3, -0.25) is 0 Å². The average Bonchev–Trinajstić information content (AvgIpc) is 3.18. The summed E-state index contributed by atoms with van der Waals surface area (Å²) in [5.41, 5.74) is 1.42. The van der Waals surface area contributed by atoms with Crippen LogP contribution in [0.25, 0.3) is 0 Å². The molecule has 158 valence electrons. The molecule has 0 spiro atoms. The summed E-state index contributed by atoms with van der Waals surface area (Å²) in [7, 11) is -3.52. The van der Waals surface area contributed by atoms with Gasteiger partial charge in [-0.2, -0.15) is 4.31 Å². The van der Waals surface area contributed by atoms with E-state index in [0.717, 1.165) is 30.0 Å². The minimum Gasteiger partial charge on any atom is -0.337 e. The van der Waals surface area contributed by atoms with Gasteiger partial charge in [0, 0.05) is 43.0 Å². The highest BCUT2D eigenvalue weighted by Crippen LogP contribution is 2.23. The van der Waals surface area contributed by atoms with Crippen LogP contribution >= 0.6 is 11.3 Å². The molecule has 2 heterocycles. The van der Waals surface area contributed by atoms with E-state index in [2.05, 4.69) is 29.5 Å². The molecule has 1 fully saturated rings. The maximum atomic E-state index is 12.8. The number of anilines is 1. The highest BCUT2D eigenvalue weighted by atomic mass is 32.2. The number of thiazole rings is 1. The van der Waals surface area contributed by atoms with Crippen LogP contribution in [0.1, 0.15) is 49.7 Å². The van der Waals surface area contributed by atoms with Crippen LogP contribution in [0.5, 0.6) is 0 Å². The van der Waals surface area contributed by atoms with E-state index in [1.807, 2.05) is 5.38 Å². The Labute approximate surface area is 176 Å². The van der Waals surface area contributed by atoms with Gasteiger partial charge in [-0.15, -0.1) is 11.3 Å². The molecular formula is C20H28N4O3S2. The number of rotatable bonds is 7. The molecule has 3 rings (SSSR count). The summed E-state index contributed by atoms with van der Waals surface area (Å²) in [6.07, 6.45) is 3.49. The summed E-state index contributed by atoms with van der Waals surface area (Å²) < 4.78 is 27.1.